The van der Waals surface area contributed by atoms with Crippen LogP contribution in [0.15, 0.2) is 42.6 Å². The van der Waals surface area contributed by atoms with Gasteiger partial charge in [0.05, 0.1) is 6.20 Å². The Bertz CT molecular complexity index is 457. The zero-order chi connectivity index (χ0) is 10.7. The Balaban J connectivity index is 2.25. The molecule has 0 fully saturated rings. The molecular weight excluding hydrogens is 185 g/mol. The van der Waals surface area contributed by atoms with Crippen molar-refractivity contribution < 1.29 is 0 Å². The molecule has 0 spiro atoms. The highest BCUT2D eigenvalue weighted by Crippen LogP contribution is 2.12. The van der Waals surface area contributed by atoms with Crippen molar-refractivity contribution >= 4 is 30.5 Å². The molecule has 0 aliphatic rings. The van der Waals surface area contributed by atoms with E-state index in [1.54, 1.807) is 12.3 Å². The number of nitrogens with one attached hydrogen (secondary N) is 1. The minimum Gasteiger partial charge on any atom is -0.397 e. The second-order valence-electron chi connectivity index (χ2n) is 3.20. The van der Waals surface area contributed by atoms with Crippen LogP contribution < -0.4 is 16.5 Å². The van der Waals surface area contributed by atoms with Gasteiger partial charge in [-0.2, -0.15) is 0 Å². The van der Waals surface area contributed by atoms with Crippen molar-refractivity contribution in [2.45, 2.75) is 0 Å². The predicted octanol–water partition coefficient (Wildman–Crippen LogP) is 1.20. The molecule has 4 heteroatoms. The summed E-state index contributed by atoms with van der Waals surface area (Å²) in [6.07, 6.45) is 1.57. The molecule has 0 atom stereocenters. The molecule has 2 radical (unpaired) electrons. The lowest BCUT2D eigenvalue weighted by molar-refractivity contribution is 1.33. The van der Waals surface area contributed by atoms with Crippen LogP contribution in [-0.4, -0.2) is 12.8 Å². The highest BCUT2D eigenvalue weighted by Gasteiger charge is 1.99. The maximum Gasteiger partial charge on any atom is 0.123 e. The number of nitrogens with zero attached hydrogens (tertiary/aromatic N) is 1. The van der Waals surface area contributed by atoms with Gasteiger partial charge in [0.2, 0.25) is 0 Å². The number of hydrogen-bond acceptors (Lipinski definition) is 3. The smallest absolute Gasteiger partial charge is 0.123 e. The molecule has 0 saturated carbocycles. The lowest BCUT2D eigenvalue weighted by Crippen LogP contribution is -2.12. The lowest BCUT2D eigenvalue weighted by Gasteiger charge is -2.08. The fourth-order valence-electron chi connectivity index (χ4n) is 1.26. The summed E-state index contributed by atoms with van der Waals surface area (Å²) in [5, 5.41) is 3.11. The molecule has 0 bridgehead atoms. The normalized spacial score (nSPS) is 9.87. The predicted molar refractivity (Wildman–Crippen MR) is 63.8 cm³/mol. The van der Waals surface area contributed by atoms with Gasteiger partial charge in [-0.1, -0.05) is 23.7 Å². The summed E-state index contributed by atoms with van der Waals surface area (Å²) in [5.41, 5.74) is 7.60. The summed E-state index contributed by atoms with van der Waals surface area (Å²) in [5.74, 6) is 0.621. The van der Waals surface area contributed by atoms with Crippen molar-refractivity contribution in [2.75, 3.05) is 11.1 Å². The first kappa shape index (κ1) is 9.58. The molecule has 15 heavy (non-hydrogen) atoms. The topological polar surface area (TPSA) is 50.9 Å². The maximum atomic E-state index is 5.76. The van der Waals surface area contributed by atoms with E-state index in [1.165, 1.54) is 0 Å². The summed E-state index contributed by atoms with van der Waals surface area (Å²) < 4.78 is 0. The van der Waals surface area contributed by atoms with Crippen molar-refractivity contribution in [1.29, 1.82) is 0 Å². The first-order valence-electron chi connectivity index (χ1n) is 4.59. The van der Waals surface area contributed by atoms with Gasteiger partial charge in [-0.05, 0) is 18.2 Å². The van der Waals surface area contributed by atoms with Crippen LogP contribution in [0.25, 0.3) is 0 Å². The number of hydrogen-bond donors (Lipinski definition) is 2. The number of nitrogens with two attached hydrogens (primary N) is 1. The van der Waals surface area contributed by atoms with Gasteiger partial charge in [0.25, 0.3) is 0 Å². The van der Waals surface area contributed by atoms with Gasteiger partial charge in [0.15, 0.2) is 0 Å². The van der Waals surface area contributed by atoms with Crippen LogP contribution in [-0.2, 0) is 0 Å². The molecule has 2 rings (SSSR count). The van der Waals surface area contributed by atoms with Crippen LogP contribution in [0.5, 0.6) is 0 Å². The SMILES string of the molecule is [B]c1cc(N)cnc1Nc1ccccc1. The van der Waals surface area contributed by atoms with E-state index in [-0.39, 0.29) is 0 Å². The number of rotatable bonds is 2. The highest BCUT2D eigenvalue weighted by molar-refractivity contribution is 6.35. The third-order valence-corrected chi connectivity index (χ3v) is 1.97. The number of aromatic nitrogens is 1. The summed E-state index contributed by atoms with van der Waals surface area (Å²) in [6.45, 7) is 0. The van der Waals surface area contributed by atoms with Crippen LogP contribution in [0.2, 0.25) is 0 Å². The molecule has 0 aliphatic heterocycles. The van der Waals surface area contributed by atoms with Gasteiger partial charge in [-0.25, -0.2) is 4.98 Å². The number of pyridine rings is 1. The Morgan fingerprint density at radius 1 is 1.20 bits per heavy atom. The van der Waals surface area contributed by atoms with Crippen LogP contribution in [0.4, 0.5) is 17.2 Å². The van der Waals surface area contributed by atoms with Crippen LogP contribution in [0.3, 0.4) is 0 Å². The monoisotopic (exact) mass is 195 g/mol. The van der Waals surface area contributed by atoms with Crippen LogP contribution in [0, 0.1) is 0 Å². The van der Waals surface area contributed by atoms with Gasteiger partial charge in [0, 0.05) is 11.4 Å². The Morgan fingerprint density at radius 2 is 1.93 bits per heavy atom. The van der Waals surface area contributed by atoms with E-state index in [0.717, 1.165) is 5.69 Å². The van der Waals surface area contributed by atoms with Gasteiger partial charge >= 0.3 is 0 Å². The summed E-state index contributed by atoms with van der Waals surface area (Å²) >= 11 is 0. The highest BCUT2D eigenvalue weighted by atomic mass is 15.0. The second-order valence-corrected chi connectivity index (χ2v) is 3.20. The molecule has 1 aromatic heterocycles. The zero-order valence-electron chi connectivity index (χ0n) is 8.14. The minimum atomic E-state index is 0.541. The molecule has 72 valence electrons. The molecule has 3 N–H and O–H groups in total. The number of para-hydroxylation sites is 1. The Morgan fingerprint density at radius 3 is 2.60 bits per heavy atom. The molecule has 0 aliphatic carbocycles. The Kier molecular flexibility index (Phi) is 2.58. The van der Waals surface area contributed by atoms with Gasteiger partial charge in [0.1, 0.15) is 13.7 Å². The standard InChI is InChI=1S/C11H10BN3/c12-10-6-8(13)7-14-11(10)15-9-4-2-1-3-5-9/h1-7H,13H2,(H,14,15). The van der Waals surface area contributed by atoms with Crippen molar-refractivity contribution in [1.82, 2.24) is 4.98 Å². The van der Waals surface area contributed by atoms with E-state index in [1.807, 2.05) is 30.3 Å². The first-order valence-corrected chi connectivity index (χ1v) is 4.59. The number of benzene rings is 1. The molecule has 1 heterocycles. The van der Waals surface area contributed by atoms with Gasteiger partial charge < -0.3 is 11.1 Å². The van der Waals surface area contributed by atoms with E-state index in [4.69, 9.17) is 13.6 Å². The molecule has 3 nitrogen and oxygen atoms in total. The van der Waals surface area contributed by atoms with Crippen LogP contribution in [0.1, 0.15) is 0 Å². The third-order valence-electron chi connectivity index (χ3n) is 1.97. The molecular formula is C11H10BN3. The zero-order valence-corrected chi connectivity index (χ0v) is 8.14. The Hall–Kier alpha value is -1.97. The fourth-order valence-corrected chi connectivity index (χ4v) is 1.26. The number of nitrogen functional groups attached to an aromatic ring is 1. The Labute approximate surface area is 89.7 Å². The van der Waals surface area contributed by atoms with Gasteiger partial charge in [-0.15, -0.1) is 0 Å². The maximum absolute atomic E-state index is 5.76. The van der Waals surface area contributed by atoms with Crippen molar-refractivity contribution in [3.63, 3.8) is 0 Å². The largest absolute Gasteiger partial charge is 0.397 e. The van der Waals surface area contributed by atoms with Crippen molar-refractivity contribution in [3.8, 4) is 0 Å². The fraction of sp³-hybridized carbons (Fsp3) is 0. The quantitative estimate of drug-likeness (QED) is 0.708. The summed E-state index contributed by atoms with van der Waals surface area (Å²) in [4.78, 5) is 4.11. The molecule has 0 unspecified atom stereocenters. The lowest BCUT2D eigenvalue weighted by atomic mass is 9.96. The van der Waals surface area contributed by atoms with Crippen molar-refractivity contribution in [2.24, 2.45) is 0 Å². The van der Waals surface area contributed by atoms with E-state index < -0.39 is 0 Å². The van der Waals surface area contributed by atoms with Crippen LogP contribution >= 0.6 is 0 Å². The molecule has 0 amide bonds. The average Bonchev–Trinajstić information content (AvgIpc) is 2.24. The molecule has 1 aromatic carbocycles. The van der Waals surface area contributed by atoms with E-state index >= 15 is 0 Å². The summed E-state index contributed by atoms with van der Waals surface area (Å²) in [7, 11) is 5.76. The van der Waals surface area contributed by atoms with E-state index in [9.17, 15) is 0 Å². The first-order chi connectivity index (χ1) is 7.25. The molecule has 2 aromatic rings. The summed E-state index contributed by atoms with van der Waals surface area (Å²) in [6, 6.07) is 11.4. The third kappa shape index (κ3) is 2.28. The average molecular weight is 195 g/mol. The molecule has 0 saturated heterocycles. The van der Waals surface area contributed by atoms with E-state index in [0.29, 0.717) is 17.0 Å². The van der Waals surface area contributed by atoms with E-state index in [2.05, 4.69) is 10.3 Å². The second kappa shape index (κ2) is 4.04. The van der Waals surface area contributed by atoms with Gasteiger partial charge in [-0.3, -0.25) is 0 Å². The minimum absolute atomic E-state index is 0.541. The number of anilines is 3. The van der Waals surface area contributed by atoms with Crippen molar-refractivity contribution in [3.05, 3.63) is 42.6 Å².